The number of hydrogen-bond acceptors (Lipinski definition) is 5. The number of rotatable bonds is 5. The highest BCUT2D eigenvalue weighted by atomic mass is 16.3. The molecule has 0 aliphatic rings. The van der Waals surface area contributed by atoms with Crippen LogP contribution in [-0.4, -0.2) is 23.2 Å². The van der Waals surface area contributed by atoms with Gasteiger partial charge in [0.25, 0.3) is 0 Å². The minimum absolute atomic E-state index is 0.121. The van der Waals surface area contributed by atoms with E-state index in [0.717, 1.165) is 24.3 Å². The van der Waals surface area contributed by atoms with Crippen LogP contribution in [0.15, 0.2) is 46.8 Å². The Bertz CT molecular complexity index is 636. The smallest absolute Gasteiger partial charge is 0.174 e. The van der Waals surface area contributed by atoms with E-state index in [2.05, 4.69) is 34.0 Å². The van der Waals surface area contributed by atoms with Gasteiger partial charge in [0.05, 0.1) is 0 Å². The highest BCUT2D eigenvalue weighted by Crippen LogP contribution is 2.32. The van der Waals surface area contributed by atoms with Crippen LogP contribution >= 0.6 is 0 Å². The number of phenolic OH excluding ortho intramolecular Hbond substituents is 1. The van der Waals surface area contributed by atoms with Gasteiger partial charge in [-0.15, -0.1) is 10.2 Å². The van der Waals surface area contributed by atoms with Gasteiger partial charge in [-0.05, 0) is 50.6 Å². The molecule has 0 aliphatic carbocycles. The Morgan fingerprint density at radius 1 is 1.10 bits per heavy atom. The maximum absolute atomic E-state index is 10.1. The molecule has 0 aliphatic heterocycles. The molecule has 0 saturated heterocycles. The second kappa shape index (κ2) is 6.83. The fraction of sp³-hybridized carbons (Fsp3) is 0.312. The van der Waals surface area contributed by atoms with Crippen LogP contribution in [0.1, 0.15) is 19.4 Å². The minimum atomic E-state index is 0.121. The van der Waals surface area contributed by atoms with Gasteiger partial charge in [-0.3, -0.25) is 0 Å². The molecule has 0 bridgehead atoms. The Morgan fingerprint density at radius 2 is 1.86 bits per heavy atom. The second-order valence-corrected chi connectivity index (χ2v) is 4.74. The number of aryl methyl sites for hydroxylation is 1. The molecule has 110 valence electrons. The van der Waals surface area contributed by atoms with Crippen LogP contribution in [0.2, 0.25) is 0 Å². The Morgan fingerprint density at radius 3 is 2.48 bits per heavy atom. The number of nitrogens with zero attached hydrogens (tertiary/aromatic N) is 4. The molecule has 0 spiro atoms. The summed E-state index contributed by atoms with van der Waals surface area (Å²) in [7, 11) is 0. The quantitative estimate of drug-likeness (QED) is 0.830. The van der Waals surface area contributed by atoms with Crippen LogP contribution in [0.4, 0.5) is 17.2 Å². The highest BCUT2D eigenvalue weighted by Gasteiger charge is 2.06. The van der Waals surface area contributed by atoms with Gasteiger partial charge in [-0.25, -0.2) is 4.98 Å². The van der Waals surface area contributed by atoms with Crippen LogP contribution in [0, 0.1) is 6.92 Å². The van der Waals surface area contributed by atoms with Crippen LogP contribution < -0.4 is 4.90 Å². The Hall–Kier alpha value is -2.43. The van der Waals surface area contributed by atoms with Crippen molar-refractivity contribution in [2.45, 2.75) is 20.8 Å². The third-order valence-corrected chi connectivity index (χ3v) is 3.25. The molecule has 0 fully saturated rings. The summed E-state index contributed by atoms with van der Waals surface area (Å²) in [4.78, 5) is 6.26. The first kappa shape index (κ1) is 15.0. The lowest BCUT2D eigenvalue weighted by atomic mass is 10.2. The second-order valence-electron chi connectivity index (χ2n) is 4.74. The molecule has 5 heteroatoms. The number of benzene rings is 1. The first-order chi connectivity index (χ1) is 10.1. The maximum atomic E-state index is 10.1. The van der Waals surface area contributed by atoms with Gasteiger partial charge in [0.2, 0.25) is 0 Å². The predicted molar refractivity (Wildman–Crippen MR) is 84.8 cm³/mol. The fourth-order valence-corrected chi connectivity index (χ4v) is 2.06. The summed E-state index contributed by atoms with van der Waals surface area (Å²) in [5, 5.41) is 18.2. The number of phenols is 1. The molecular weight excluding hydrogens is 264 g/mol. The predicted octanol–water partition coefficient (Wildman–Crippen LogP) is 4.36. The first-order valence-electron chi connectivity index (χ1n) is 7.06. The molecule has 0 radical (unpaired) electrons. The van der Waals surface area contributed by atoms with Crippen molar-refractivity contribution in [2.75, 3.05) is 18.0 Å². The lowest BCUT2D eigenvalue weighted by Crippen LogP contribution is -2.21. The topological polar surface area (TPSA) is 61.1 Å². The van der Waals surface area contributed by atoms with Gasteiger partial charge in [-0.1, -0.05) is 0 Å². The van der Waals surface area contributed by atoms with E-state index in [9.17, 15) is 5.11 Å². The molecule has 1 N–H and O–H groups in total. The molecule has 21 heavy (non-hydrogen) atoms. The van der Waals surface area contributed by atoms with Crippen molar-refractivity contribution in [1.29, 1.82) is 0 Å². The number of anilines is 1. The van der Waals surface area contributed by atoms with Crippen molar-refractivity contribution in [1.82, 2.24) is 4.98 Å². The van der Waals surface area contributed by atoms with Crippen molar-refractivity contribution >= 4 is 17.2 Å². The number of aromatic nitrogens is 1. The van der Waals surface area contributed by atoms with E-state index in [4.69, 9.17) is 0 Å². The Kier molecular flexibility index (Phi) is 4.87. The summed E-state index contributed by atoms with van der Waals surface area (Å²) in [5.41, 5.74) is 2.49. The highest BCUT2D eigenvalue weighted by molar-refractivity contribution is 5.61. The molecule has 0 unspecified atom stereocenters. The molecule has 0 saturated carbocycles. The van der Waals surface area contributed by atoms with Crippen molar-refractivity contribution in [3.8, 4) is 5.75 Å². The van der Waals surface area contributed by atoms with Crippen LogP contribution in [-0.2, 0) is 0 Å². The summed E-state index contributed by atoms with van der Waals surface area (Å²) in [6, 6.07) is 9.15. The first-order valence-corrected chi connectivity index (χ1v) is 7.06. The molecular formula is C16H20N4O. The van der Waals surface area contributed by atoms with Gasteiger partial charge in [0.1, 0.15) is 11.4 Å². The van der Waals surface area contributed by atoms with E-state index in [0.29, 0.717) is 11.5 Å². The summed E-state index contributed by atoms with van der Waals surface area (Å²) in [6.45, 7) is 7.92. The molecule has 5 nitrogen and oxygen atoms in total. The lowest BCUT2D eigenvalue weighted by molar-refractivity contribution is 0.476. The summed E-state index contributed by atoms with van der Waals surface area (Å²) in [6.07, 6.45) is 1.69. The van der Waals surface area contributed by atoms with E-state index in [1.54, 1.807) is 18.3 Å². The van der Waals surface area contributed by atoms with Crippen molar-refractivity contribution in [3.63, 3.8) is 0 Å². The zero-order valence-corrected chi connectivity index (χ0v) is 12.6. The Balaban J connectivity index is 2.21. The van der Waals surface area contributed by atoms with Crippen molar-refractivity contribution in [3.05, 3.63) is 42.1 Å². The molecule has 1 aromatic heterocycles. The van der Waals surface area contributed by atoms with E-state index in [1.807, 2.05) is 25.1 Å². The number of azo groups is 1. The molecule has 2 aromatic rings. The largest absolute Gasteiger partial charge is 0.506 e. The van der Waals surface area contributed by atoms with Gasteiger partial charge in [0, 0.05) is 31.0 Å². The Labute approximate surface area is 125 Å². The zero-order valence-electron chi connectivity index (χ0n) is 12.6. The van der Waals surface area contributed by atoms with Crippen LogP contribution in [0.3, 0.4) is 0 Å². The number of hydrogen-bond donors (Lipinski definition) is 1. The minimum Gasteiger partial charge on any atom is -0.506 e. The number of pyridine rings is 1. The average Bonchev–Trinajstić information content (AvgIpc) is 2.48. The monoisotopic (exact) mass is 284 g/mol. The standard InChI is InChI=1S/C16H20N4O/c1-4-20(5-2)13-6-7-14(15(21)11-13)18-19-16-10-12(3)8-9-17-16/h6-11,21H,4-5H2,1-3H3. The third kappa shape index (κ3) is 3.78. The normalized spacial score (nSPS) is 11.0. The van der Waals surface area contributed by atoms with E-state index >= 15 is 0 Å². The molecule has 0 amide bonds. The van der Waals surface area contributed by atoms with Crippen LogP contribution in [0.5, 0.6) is 5.75 Å². The van der Waals surface area contributed by atoms with Crippen LogP contribution in [0.25, 0.3) is 0 Å². The van der Waals surface area contributed by atoms with E-state index < -0.39 is 0 Å². The van der Waals surface area contributed by atoms with E-state index in [-0.39, 0.29) is 5.75 Å². The SMILES string of the molecule is CCN(CC)c1ccc(N=Nc2cc(C)ccn2)c(O)c1. The third-order valence-electron chi connectivity index (χ3n) is 3.25. The summed E-state index contributed by atoms with van der Waals surface area (Å²) < 4.78 is 0. The molecule has 1 aromatic carbocycles. The molecule has 1 heterocycles. The number of aromatic hydroxyl groups is 1. The van der Waals surface area contributed by atoms with E-state index in [1.165, 1.54) is 0 Å². The van der Waals surface area contributed by atoms with Crippen molar-refractivity contribution < 1.29 is 5.11 Å². The molecule has 0 atom stereocenters. The maximum Gasteiger partial charge on any atom is 0.174 e. The summed E-state index contributed by atoms with van der Waals surface area (Å²) >= 11 is 0. The van der Waals surface area contributed by atoms with Gasteiger partial charge >= 0.3 is 0 Å². The molecule has 2 rings (SSSR count). The summed E-state index contributed by atoms with van der Waals surface area (Å²) in [5.74, 6) is 0.651. The van der Waals surface area contributed by atoms with Gasteiger partial charge in [-0.2, -0.15) is 0 Å². The lowest BCUT2D eigenvalue weighted by Gasteiger charge is -2.21. The average molecular weight is 284 g/mol. The van der Waals surface area contributed by atoms with Gasteiger partial charge in [0.15, 0.2) is 5.82 Å². The van der Waals surface area contributed by atoms with Gasteiger partial charge < -0.3 is 10.0 Å². The fourth-order valence-electron chi connectivity index (χ4n) is 2.06. The zero-order chi connectivity index (χ0) is 15.2. The van der Waals surface area contributed by atoms with Crippen molar-refractivity contribution in [2.24, 2.45) is 10.2 Å².